The zero-order valence-electron chi connectivity index (χ0n) is 14.0. The molecular weight excluding hydrogens is 306 g/mol. The van der Waals surface area contributed by atoms with E-state index in [4.69, 9.17) is 0 Å². The number of rotatable bonds is 2. The normalized spacial score (nSPS) is 21.2. The van der Waals surface area contributed by atoms with Crippen LogP contribution >= 0.6 is 11.8 Å². The lowest BCUT2D eigenvalue weighted by Gasteiger charge is -2.40. The molecule has 0 aromatic carbocycles. The number of hydrogen-bond acceptors (Lipinski definition) is 5. The maximum absolute atomic E-state index is 4.64. The topological polar surface area (TPSA) is 36.7 Å². The predicted octanol–water partition coefficient (Wildman–Crippen LogP) is 2.36. The Kier molecular flexibility index (Phi) is 4.20. The molecule has 4 heterocycles. The molecule has 2 fully saturated rings. The van der Waals surface area contributed by atoms with E-state index in [1.54, 1.807) is 0 Å². The van der Waals surface area contributed by atoms with Gasteiger partial charge in [-0.1, -0.05) is 0 Å². The molecule has 0 atom stereocenters. The van der Waals surface area contributed by atoms with E-state index in [0.29, 0.717) is 0 Å². The van der Waals surface area contributed by atoms with Crippen LogP contribution in [0.25, 0.3) is 5.65 Å². The second kappa shape index (κ2) is 6.32. The van der Waals surface area contributed by atoms with Crippen LogP contribution in [0.1, 0.15) is 24.2 Å². The third kappa shape index (κ3) is 3.06. The van der Waals surface area contributed by atoms with E-state index in [-0.39, 0.29) is 0 Å². The predicted molar refractivity (Wildman–Crippen MR) is 96.6 cm³/mol. The summed E-state index contributed by atoms with van der Waals surface area (Å²) in [7, 11) is 0. The number of anilines is 1. The number of thioether (sulfide) groups is 1. The van der Waals surface area contributed by atoms with Gasteiger partial charge in [0.15, 0.2) is 5.65 Å². The smallest absolute Gasteiger partial charge is 0.157 e. The van der Waals surface area contributed by atoms with Crippen molar-refractivity contribution in [2.75, 3.05) is 42.6 Å². The lowest BCUT2D eigenvalue weighted by Crippen LogP contribution is -2.48. The first-order valence-corrected chi connectivity index (χ1v) is 9.77. The van der Waals surface area contributed by atoms with Crippen LogP contribution in [-0.4, -0.2) is 63.2 Å². The van der Waals surface area contributed by atoms with Gasteiger partial charge >= 0.3 is 0 Å². The van der Waals surface area contributed by atoms with Gasteiger partial charge in [-0.25, -0.2) is 4.98 Å². The Hall–Kier alpha value is -1.27. The lowest BCUT2D eigenvalue weighted by molar-refractivity contribution is 0.185. The maximum atomic E-state index is 4.64. The Labute approximate surface area is 142 Å². The molecule has 2 aliphatic heterocycles. The largest absolute Gasteiger partial charge is 0.356 e. The molecule has 5 nitrogen and oxygen atoms in total. The van der Waals surface area contributed by atoms with Gasteiger partial charge in [0.05, 0.1) is 5.69 Å². The SMILES string of the molecule is Cc1cc(N2CCC(N3CCSCC3)CC2)n2nc(C)cc2n1. The monoisotopic (exact) mass is 331 g/mol. The van der Waals surface area contributed by atoms with Crippen molar-refractivity contribution in [1.82, 2.24) is 19.5 Å². The van der Waals surface area contributed by atoms with Gasteiger partial charge in [-0.15, -0.1) is 0 Å². The Morgan fingerprint density at radius 1 is 1.00 bits per heavy atom. The fourth-order valence-electron chi connectivity index (χ4n) is 3.82. The van der Waals surface area contributed by atoms with Crippen molar-refractivity contribution in [3.63, 3.8) is 0 Å². The molecule has 0 radical (unpaired) electrons. The standard InChI is InChI=1S/C17H25N5S/c1-13-12-17(22-16(18-13)11-14(2)19-22)21-5-3-15(4-6-21)20-7-9-23-10-8-20/h11-12,15H,3-10H2,1-2H3. The van der Waals surface area contributed by atoms with E-state index >= 15 is 0 Å². The first kappa shape index (κ1) is 15.3. The minimum atomic E-state index is 0.768. The third-order valence-corrected chi connectivity index (χ3v) is 5.95. The van der Waals surface area contributed by atoms with Crippen molar-refractivity contribution in [3.8, 4) is 0 Å². The summed E-state index contributed by atoms with van der Waals surface area (Å²) in [6.07, 6.45) is 2.52. The molecule has 124 valence electrons. The molecule has 0 aliphatic carbocycles. The molecule has 0 N–H and O–H groups in total. The van der Waals surface area contributed by atoms with Gasteiger partial charge in [-0.2, -0.15) is 21.4 Å². The van der Waals surface area contributed by atoms with Crippen molar-refractivity contribution in [1.29, 1.82) is 0 Å². The van der Waals surface area contributed by atoms with Gasteiger partial charge in [0.2, 0.25) is 0 Å². The van der Waals surface area contributed by atoms with Crippen LogP contribution < -0.4 is 4.90 Å². The highest BCUT2D eigenvalue weighted by Gasteiger charge is 2.27. The molecule has 6 heteroatoms. The maximum Gasteiger partial charge on any atom is 0.157 e. The van der Waals surface area contributed by atoms with Crippen molar-refractivity contribution >= 4 is 23.2 Å². The molecule has 0 saturated carbocycles. The first-order valence-electron chi connectivity index (χ1n) is 8.61. The number of fused-ring (bicyclic) bond motifs is 1. The van der Waals surface area contributed by atoms with Gasteiger partial charge < -0.3 is 4.90 Å². The van der Waals surface area contributed by atoms with Crippen LogP contribution in [-0.2, 0) is 0 Å². The van der Waals surface area contributed by atoms with Gasteiger partial charge in [-0.05, 0) is 26.7 Å². The van der Waals surface area contributed by atoms with Gasteiger partial charge in [-0.3, -0.25) is 4.90 Å². The molecule has 0 amide bonds. The zero-order chi connectivity index (χ0) is 15.8. The second-order valence-electron chi connectivity index (χ2n) is 6.68. The molecule has 2 saturated heterocycles. The summed E-state index contributed by atoms with van der Waals surface area (Å²) in [6.45, 7) is 8.88. The quantitative estimate of drug-likeness (QED) is 0.844. The average Bonchev–Trinajstić information content (AvgIpc) is 2.95. The number of aryl methyl sites for hydroxylation is 2. The average molecular weight is 331 g/mol. The van der Waals surface area contributed by atoms with E-state index in [1.165, 1.54) is 43.3 Å². The minimum Gasteiger partial charge on any atom is -0.356 e. The Morgan fingerprint density at radius 2 is 1.74 bits per heavy atom. The van der Waals surface area contributed by atoms with Gasteiger partial charge in [0.25, 0.3) is 0 Å². The Balaban J connectivity index is 1.52. The molecule has 4 rings (SSSR count). The molecule has 2 aliphatic rings. The Morgan fingerprint density at radius 3 is 2.48 bits per heavy atom. The van der Waals surface area contributed by atoms with Gasteiger partial charge in [0, 0.05) is 61.6 Å². The molecule has 0 bridgehead atoms. The third-order valence-electron chi connectivity index (χ3n) is 5.01. The van der Waals surface area contributed by atoms with E-state index in [0.717, 1.165) is 36.2 Å². The Bertz CT molecular complexity index is 684. The molecule has 0 unspecified atom stereocenters. The summed E-state index contributed by atoms with van der Waals surface area (Å²) in [5, 5.41) is 4.64. The van der Waals surface area contributed by atoms with Crippen LogP contribution in [0.5, 0.6) is 0 Å². The second-order valence-corrected chi connectivity index (χ2v) is 7.90. The van der Waals surface area contributed by atoms with Crippen LogP contribution in [0.15, 0.2) is 12.1 Å². The highest BCUT2D eigenvalue weighted by atomic mass is 32.2. The number of piperidine rings is 1. The van der Waals surface area contributed by atoms with Crippen LogP contribution in [0.3, 0.4) is 0 Å². The zero-order valence-corrected chi connectivity index (χ0v) is 14.8. The molecular formula is C17H25N5S. The fraction of sp³-hybridized carbons (Fsp3) is 0.647. The van der Waals surface area contributed by atoms with Crippen LogP contribution in [0.4, 0.5) is 5.82 Å². The van der Waals surface area contributed by atoms with E-state index in [2.05, 4.69) is 50.7 Å². The molecule has 0 spiro atoms. The summed E-state index contributed by atoms with van der Waals surface area (Å²) in [4.78, 5) is 9.80. The molecule has 2 aromatic rings. The van der Waals surface area contributed by atoms with Crippen molar-refractivity contribution in [2.24, 2.45) is 0 Å². The summed E-state index contributed by atoms with van der Waals surface area (Å²) < 4.78 is 2.01. The fourth-order valence-corrected chi connectivity index (χ4v) is 4.75. The summed E-state index contributed by atoms with van der Waals surface area (Å²) >= 11 is 2.09. The van der Waals surface area contributed by atoms with Crippen molar-refractivity contribution in [2.45, 2.75) is 32.7 Å². The minimum absolute atomic E-state index is 0.768. The molecule has 23 heavy (non-hydrogen) atoms. The summed E-state index contributed by atoms with van der Waals surface area (Å²) in [6, 6.07) is 5.01. The van der Waals surface area contributed by atoms with E-state index in [9.17, 15) is 0 Å². The number of aromatic nitrogens is 3. The van der Waals surface area contributed by atoms with E-state index in [1.807, 2.05) is 11.4 Å². The van der Waals surface area contributed by atoms with Crippen molar-refractivity contribution < 1.29 is 0 Å². The number of nitrogens with zero attached hydrogens (tertiary/aromatic N) is 5. The van der Waals surface area contributed by atoms with Crippen molar-refractivity contribution in [3.05, 3.63) is 23.5 Å². The number of hydrogen-bond donors (Lipinski definition) is 0. The lowest BCUT2D eigenvalue weighted by atomic mass is 10.0. The summed E-state index contributed by atoms with van der Waals surface area (Å²) in [5.74, 6) is 3.81. The van der Waals surface area contributed by atoms with Crippen LogP contribution in [0.2, 0.25) is 0 Å². The van der Waals surface area contributed by atoms with Crippen LogP contribution in [0, 0.1) is 13.8 Å². The highest BCUT2D eigenvalue weighted by molar-refractivity contribution is 7.99. The first-order chi connectivity index (χ1) is 11.2. The summed E-state index contributed by atoms with van der Waals surface area (Å²) in [5.41, 5.74) is 3.07. The van der Waals surface area contributed by atoms with E-state index < -0.39 is 0 Å². The molecule has 2 aromatic heterocycles. The highest BCUT2D eigenvalue weighted by Crippen LogP contribution is 2.25. The van der Waals surface area contributed by atoms with Gasteiger partial charge in [0.1, 0.15) is 5.82 Å².